The zero-order chi connectivity index (χ0) is 13.5. The molecule has 0 radical (unpaired) electrons. The molecule has 0 unspecified atom stereocenters. The monoisotopic (exact) mass is 257 g/mol. The molecule has 1 aromatic heterocycles. The summed E-state index contributed by atoms with van der Waals surface area (Å²) in [6, 6.07) is 8.08. The minimum Gasteiger partial charge on any atom is -0.497 e. The lowest BCUT2D eigenvalue weighted by molar-refractivity contribution is 0.414. The Bertz CT molecular complexity index is 534. The second-order valence-corrected chi connectivity index (χ2v) is 4.24. The Morgan fingerprint density at radius 3 is 3.16 bits per heavy atom. The number of hydrogen-bond donors (Lipinski definition) is 1. The van der Waals surface area contributed by atoms with E-state index in [1.165, 1.54) is 5.56 Å². The van der Waals surface area contributed by atoms with Crippen LogP contribution in [-0.4, -0.2) is 23.2 Å². The summed E-state index contributed by atoms with van der Waals surface area (Å²) in [4.78, 5) is 4.36. The zero-order valence-corrected chi connectivity index (χ0v) is 11.2. The Hall–Kier alpha value is -2.07. The molecule has 1 N–H and O–H groups in total. The van der Waals surface area contributed by atoms with E-state index < -0.39 is 0 Å². The van der Waals surface area contributed by atoms with Gasteiger partial charge in [0.05, 0.1) is 13.7 Å². The third-order valence-electron chi connectivity index (χ3n) is 2.86. The molecule has 0 aliphatic carbocycles. The van der Waals surface area contributed by atoms with Gasteiger partial charge in [-0.1, -0.05) is 18.2 Å². The van der Waals surface area contributed by atoms with Crippen molar-refractivity contribution in [3.8, 4) is 5.75 Å². The van der Waals surface area contributed by atoms with Crippen LogP contribution in [0.15, 0.2) is 49.3 Å². The molecule has 0 atom stereocenters. The van der Waals surface area contributed by atoms with Crippen LogP contribution in [0.2, 0.25) is 0 Å². The van der Waals surface area contributed by atoms with Gasteiger partial charge in [-0.25, -0.2) is 4.98 Å². The van der Waals surface area contributed by atoms with Crippen LogP contribution >= 0.6 is 0 Å². The van der Waals surface area contributed by atoms with Crippen LogP contribution in [0.5, 0.6) is 5.75 Å². The lowest BCUT2D eigenvalue weighted by Crippen LogP contribution is -2.17. The van der Waals surface area contributed by atoms with E-state index in [0.717, 1.165) is 31.2 Å². The minimum atomic E-state index is 0.739. The largest absolute Gasteiger partial charge is 0.497 e. The molecule has 0 aliphatic rings. The topological polar surface area (TPSA) is 39.1 Å². The first-order valence-corrected chi connectivity index (χ1v) is 6.28. The number of nitrogens with zero attached hydrogens (tertiary/aromatic N) is 2. The van der Waals surface area contributed by atoms with Crippen LogP contribution in [-0.2, 0) is 13.1 Å². The summed E-state index contributed by atoms with van der Waals surface area (Å²) in [6.45, 7) is 6.00. The molecule has 0 bridgehead atoms. The molecule has 2 aromatic rings. The van der Waals surface area contributed by atoms with E-state index in [1.54, 1.807) is 7.11 Å². The van der Waals surface area contributed by atoms with Crippen molar-refractivity contribution < 1.29 is 4.74 Å². The van der Waals surface area contributed by atoms with Gasteiger partial charge >= 0.3 is 0 Å². The van der Waals surface area contributed by atoms with Gasteiger partial charge in [-0.05, 0) is 17.7 Å². The number of methoxy groups -OCH3 is 1. The fourth-order valence-electron chi connectivity index (χ4n) is 1.90. The molecule has 2 rings (SSSR count). The number of rotatable bonds is 7. The van der Waals surface area contributed by atoms with E-state index in [1.807, 2.05) is 36.7 Å². The van der Waals surface area contributed by atoms with E-state index in [2.05, 4.69) is 27.5 Å². The lowest BCUT2D eigenvalue weighted by Gasteiger charge is -2.09. The third-order valence-corrected chi connectivity index (χ3v) is 2.86. The second-order valence-electron chi connectivity index (χ2n) is 4.24. The normalized spacial score (nSPS) is 10.4. The van der Waals surface area contributed by atoms with Gasteiger partial charge in [0.15, 0.2) is 0 Å². The fourth-order valence-corrected chi connectivity index (χ4v) is 1.90. The number of nitrogens with one attached hydrogen (secondary N) is 1. The summed E-state index contributed by atoms with van der Waals surface area (Å²) >= 11 is 0. The van der Waals surface area contributed by atoms with Crippen LogP contribution < -0.4 is 10.1 Å². The molecule has 0 saturated carbocycles. The van der Waals surface area contributed by atoms with E-state index in [0.29, 0.717) is 0 Å². The maximum atomic E-state index is 5.24. The molecular weight excluding hydrogens is 238 g/mol. The van der Waals surface area contributed by atoms with Crippen molar-refractivity contribution in [3.63, 3.8) is 0 Å². The van der Waals surface area contributed by atoms with Gasteiger partial charge in [-0.2, -0.15) is 0 Å². The van der Waals surface area contributed by atoms with Crippen LogP contribution in [0.25, 0.3) is 0 Å². The molecule has 1 heterocycles. The highest BCUT2D eigenvalue weighted by molar-refractivity contribution is 5.28. The molecule has 100 valence electrons. The number of ether oxygens (including phenoxy) is 1. The van der Waals surface area contributed by atoms with Crippen molar-refractivity contribution in [2.24, 2.45) is 0 Å². The van der Waals surface area contributed by atoms with Crippen molar-refractivity contribution in [2.75, 3.05) is 13.7 Å². The molecular formula is C15H19N3O. The van der Waals surface area contributed by atoms with Crippen molar-refractivity contribution in [1.29, 1.82) is 0 Å². The highest BCUT2D eigenvalue weighted by Gasteiger charge is 2.03. The SMILES string of the molecule is C=CCNCc1nccn1Cc1cccc(OC)c1. The Morgan fingerprint density at radius 1 is 1.47 bits per heavy atom. The van der Waals surface area contributed by atoms with E-state index in [-0.39, 0.29) is 0 Å². The van der Waals surface area contributed by atoms with Crippen LogP contribution in [0.4, 0.5) is 0 Å². The molecule has 1 aromatic carbocycles. The summed E-state index contributed by atoms with van der Waals surface area (Å²) in [5.74, 6) is 1.90. The number of aromatic nitrogens is 2. The Balaban J connectivity index is 2.05. The molecule has 0 amide bonds. The summed E-state index contributed by atoms with van der Waals surface area (Å²) < 4.78 is 7.37. The smallest absolute Gasteiger partial charge is 0.122 e. The first-order valence-electron chi connectivity index (χ1n) is 6.28. The van der Waals surface area contributed by atoms with Crippen molar-refractivity contribution in [2.45, 2.75) is 13.1 Å². The number of imidazole rings is 1. The fraction of sp³-hybridized carbons (Fsp3) is 0.267. The van der Waals surface area contributed by atoms with Crippen molar-refractivity contribution in [3.05, 3.63) is 60.7 Å². The number of hydrogen-bond acceptors (Lipinski definition) is 3. The van der Waals surface area contributed by atoms with Gasteiger partial charge in [-0.15, -0.1) is 6.58 Å². The van der Waals surface area contributed by atoms with Crippen molar-refractivity contribution >= 4 is 0 Å². The van der Waals surface area contributed by atoms with Gasteiger partial charge in [0.1, 0.15) is 11.6 Å². The van der Waals surface area contributed by atoms with Gasteiger partial charge in [-0.3, -0.25) is 0 Å². The predicted molar refractivity (Wildman–Crippen MR) is 76.2 cm³/mol. The van der Waals surface area contributed by atoms with Crippen molar-refractivity contribution in [1.82, 2.24) is 14.9 Å². The molecule has 0 aliphatic heterocycles. The van der Waals surface area contributed by atoms with Crippen LogP contribution in [0, 0.1) is 0 Å². The molecule has 19 heavy (non-hydrogen) atoms. The predicted octanol–water partition coefficient (Wildman–Crippen LogP) is 2.22. The number of benzene rings is 1. The van der Waals surface area contributed by atoms with E-state index in [9.17, 15) is 0 Å². The molecule has 0 spiro atoms. The van der Waals surface area contributed by atoms with Gasteiger partial charge in [0.2, 0.25) is 0 Å². The zero-order valence-electron chi connectivity index (χ0n) is 11.2. The summed E-state index contributed by atoms with van der Waals surface area (Å²) in [5.41, 5.74) is 1.20. The summed E-state index contributed by atoms with van der Waals surface area (Å²) in [6.07, 6.45) is 5.66. The quantitative estimate of drug-likeness (QED) is 0.610. The molecule has 4 heteroatoms. The average Bonchev–Trinajstić information content (AvgIpc) is 2.87. The van der Waals surface area contributed by atoms with E-state index in [4.69, 9.17) is 4.74 Å². The Kier molecular flexibility index (Phi) is 4.75. The maximum Gasteiger partial charge on any atom is 0.122 e. The van der Waals surface area contributed by atoms with E-state index >= 15 is 0 Å². The lowest BCUT2D eigenvalue weighted by atomic mass is 10.2. The van der Waals surface area contributed by atoms with Gasteiger partial charge < -0.3 is 14.6 Å². The average molecular weight is 257 g/mol. The first-order chi connectivity index (χ1) is 9.33. The highest BCUT2D eigenvalue weighted by Crippen LogP contribution is 2.14. The first kappa shape index (κ1) is 13.4. The Labute approximate surface area is 113 Å². The maximum absolute atomic E-state index is 5.24. The van der Waals surface area contributed by atoms with Gasteiger partial charge in [0, 0.05) is 25.5 Å². The molecule has 4 nitrogen and oxygen atoms in total. The van der Waals surface area contributed by atoms with Gasteiger partial charge in [0.25, 0.3) is 0 Å². The van der Waals surface area contributed by atoms with Crippen LogP contribution in [0.3, 0.4) is 0 Å². The standard InChI is InChI=1S/C15H19N3O/c1-3-7-16-11-15-17-8-9-18(15)12-13-5-4-6-14(10-13)19-2/h3-6,8-10,16H,1,7,11-12H2,2H3. The molecule has 0 fully saturated rings. The second kappa shape index (κ2) is 6.75. The molecule has 0 saturated heterocycles. The third kappa shape index (κ3) is 3.69. The Morgan fingerprint density at radius 2 is 2.37 bits per heavy atom. The van der Waals surface area contributed by atoms with Crippen LogP contribution in [0.1, 0.15) is 11.4 Å². The summed E-state index contributed by atoms with van der Waals surface area (Å²) in [7, 11) is 1.68. The highest BCUT2D eigenvalue weighted by atomic mass is 16.5. The minimum absolute atomic E-state index is 0.739. The summed E-state index contributed by atoms with van der Waals surface area (Å²) in [5, 5.41) is 3.26.